The average Bonchev–Trinajstić information content (AvgIpc) is 2.65. The fourth-order valence-corrected chi connectivity index (χ4v) is 7.18. The van der Waals surface area contributed by atoms with Crippen LogP contribution in [0.15, 0.2) is 10.2 Å². The van der Waals surface area contributed by atoms with Gasteiger partial charge in [-0.2, -0.15) is 27.1 Å². The summed E-state index contributed by atoms with van der Waals surface area (Å²) in [5, 5.41) is 17.1. The summed E-state index contributed by atoms with van der Waals surface area (Å²) in [4.78, 5) is 0. The van der Waals surface area contributed by atoms with Crippen molar-refractivity contribution in [2.24, 2.45) is 22.1 Å². The largest absolute Gasteiger partial charge is 0.391 e. The van der Waals surface area contributed by atoms with Crippen molar-refractivity contribution in [3.05, 3.63) is 0 Å². The van der Waals surface area contributed by atoms with Crippen LogP contribution in [0.3, 0.4) is 0 Å². The molecule has 10 nitrogen and oxygen atoms in total. The number of methoxy groups -OCH3 is 1. The maximum absolute atomic E-state index is 11.8. The summed E-state index contributed by atoms with van der Waals surface area (Å²) in [6.45, 7) is 0. The predicted octanol–water partition coefficient (Wildman–Crippen LogP) is 1.46. The van der Waals surface area contributed by atoms with Crippen molar-refractivity contribution in [1.29, 1.82) is 0 Å². The van der Waals surface area contributed by atoms with Gasteiger partial charge in [-0.3, -0.25) is 9.11 Å². The molecule has 12 heteroatoms. The third-order valence-electron chi connectivity index (χ3n) is 6.85. The number of aliphatic hydroxyl groups excluding tert-OH is 1. The van der Waals surface area contributed by atoms with Crippen molar-refractivity contribution in [2.45, 2.75) is 86.2 Å². The van der Waals surface area contributed by atoms with E-state index in [4.69, 9.17) is 4.74 Å². The third kappa shape index (κ3) is 5.34. The Bertz CT molecular complexity index is 815. The lowest BCUT2D eigenvalue weighted by Gasteiger charge is -2.43. The molecule has 0 saturated heterocycles. The molecule has 0 aromatic carbocycles. The van der Waals surface area contributed by atoms with Gasteiger partial charge in [0.05, 0.1) is 29.5 Å². The molecule has 3 aliphatic rings. The first-order chi connectivity index (χ1) is 13.5. The summed E-state index contributed by atoms with van der Waals surface area (Å²) in [5.74, 6) is -0.0652. The van der Waals surface area contributed by atoms with E-state index >= 15 is 0 Å². The van der Waals surface area contributed by atoms with Crippen molar-refractivity contribution in [3.8, 4) is 0 Å². The van der Waals surface area contributed by atoms with E-state index in [9.17, 15) is 31.0 Å². The van der Waals surface area contributed by atoms with Crippen LogP contribution in [0.4, 0.5) is 0 Å². The van der Waals surface area contributed by atoms with Gasteiger partial charge in [0.15, 0.2) is 0 Å². The molecular weight excluding hydrogens is 424 g/mol. The Morgan fingerprint density at radius 3 is 2.21 bits per heavy atom. The van der Waals surface area contributed by atoms with E-state index in [1.165, 1.54) is 7.11 Å². The molecule has 0 heterocycles. The monoisotopic (exact) mass is 454 g/mol. The van der Waals surface area contributed by atoms with Crippen molar-refractivity contribution in [1.82, 2.24) is 0 Å². The van der Waals surface area contributed by atoms with Crippen LogP contribution >= 0.6 is 0 Å². The minimum absolute atomic E-state index is 0.00428. The Morgan fingerprint density at radius 1 is 0.862 bits per heavy atom. The molecule has 3 rings (SSSR count). The average molecular weight is 455 g/mol. The zero-order valence-electron chi connectivity index (χ0n) is 16.4. The minimum Gasteiger partial charge on any atom is -0.391 e. The van der Waals surface area contributed by atoms with Gasteiger partial charge in [0.1, 0.15) is 5.25 Å². The minimum atomic E-state index is -4.32. The van der Waals surface area contributed by atoms with Gasteiger partial charge in [-0.05, 0) is 63.2 Å². The summed E-state index contributed by atoms with van der Waals surface area (Å²) in [6, 6.07) is -1.25. The van der Waals surface area contributed by atoms with Gasteiger partial charge < -0.3 is 9.84 Å². The van der Waals surface area contributed by atoms with Crippen LogP contribution in [0.1, 0.15) is 51.4 Å². The number of aliphatic hydroxyl groups is 1. The van der Waals surface area contributed by atoms with E-state index in [0.717, 1.165) is 0 Å². The number of hydrogen-bond acceptors (Lipinski definition) is 8. The standard InChI is InChI=1S/C17H30N2O8S2/c1-27-11-3-6-14(16(9-11)29(24,25)26)18-19-17-13-5-4-12(28(21,22)23)8-10(13)2-7-15(17)20/h10-17,20H,2-9H2,1H3,(H,21,22,23)(H,24,25,26). The van der Waals surface area contributed by atoms with E-state index < -0.39 is 48.9 Å². The molecule has 8 unspecified atom stereocenters. The fraction of sp³-hybridized carbons (Fsp3) is 1.00. The SMILES string of the molecule is COC1CCC(N=NC2C(O)CCC3CC(S(=O)(=O)O)CCC32)C(S(=O)(=O)O)C1. The molecule has 3 saturated carbocycles. The Labute approximate surface area is 171 Å². The number of nitrogens with zero attached hydrogens (tertiary/aromatic N) is 2. The summed E-state index contributed by atoms with van der Waals surface area (Å²) >= 11 is 0. The first-order valence-corrected chi connectivity index (χ1v) is 13.0. The third-order valence-corrected chi connectivity index (χ3v) is 9.40. The van der Waals surface area contributed by atoms with Crippen LogP contribution in [0.2, 0.25) is 0 Å². The number of hydrogen-bond donors (Lipinski definition) is 3. The van der Waals surface area contributed by atoms with Crippen LogP contribution < -0.4 is 0 Å². The molecule has 0 bridgehead atoms. The predicted molar refractivity (Wildman–Crippen MR) is 104 cm³/mol. The summed E-state index contributed by atoms with van der Waals surface area (Å²) in [6.07, 6.45) is 2.34. The van der Waals surface area contributed by atoms with Crippen molar-refractivity contribution < 1.29 is 35.8 Å². The lowest BCUT2D eigenvalue weighted by atomic mass is 9.67. The Hall–Kier alpha value is -0.660. The van der Waals surface area contributed by atoms with Gasteiger partial charge in [0, 0.05) is 7.11 Å². The topological polar surface area (TPSA) is 163 Å². The molecule has 0 spiro atoms. The van der Waals surface area contributed by atoms with Gasteiger partial charge in [-0.1, -0.05) is 0 Å². The van der Waals surface area contributed by atoms with E-state index in [1.807, 2.05) is 0 Å². The van der Waals surface area contributed by atoms with Crippen LogP contribution in [-0.4, -0.2) is 72.9 Å². The summed E-state index contributed by atoms with van der Waals surface area (Å²) in [5.41, 5.74) is 0. The molecule has 29 heavy (non-hydrogen) atoms. The molecule has 8 atom stereocenters. The van der Waals surface area contributed by atoms with E-state index in [2.05, 4.69) is 10.2 Å². The lowest BCUT2D eigenvalue weighted by Crippen LogP contribution is -2.46. The Morgan fingerprint density at radius 2 is 1.59 bits per heavy atom. The summed E-state index contributed by atoms with van der Waals surface area (Å²) < 4.78 is 70.8. The van der Waals surface area contributed by atoms with Crippen LogP contribution in [0.25, 0.3) is 0 Å². The second-order valence-corrected chi connectivity index (χ2v) is 11.9. The van der Waals surface area contributed by atoms with Gasteiger partial charge in [-0.25, -0.2) is 0 Å². The highest BCUT2D eigenvalue weighted by Crippen LogP contribution is 2.44. The molecule has 0 aromatic heterocycles. The molecule has 3 aliphatic carbocycles. The number of rotatable bonds is 5. The Kier molecular flexibility index (Phi) is 7.01. The molecule has 0 amide bonds. The Balaban J connectivity index is 1.74. The first-order valence-electron chi connectivity index (χ1n) is 10.0. The second kappa shape index (κ2) is 8.83. The zero-order chi connectivity index (χ0) is 21.4. The van der Waals surface area contributed by atoms with E-state index in [-0.39, 0.29) is 24.4 Å². The van der Waals surface area contributed by atoms with Crippen LogP contribution in [0, 0.1) is 11.8 Å². The van der Waals surface area contributed by atoms with Crippen molar-refractivity contribution in [2.75, 3.05) is 7.11 Å². The molecule has 0 aliphatic heterocycles. The van der Waals surface area contributed by atoms with E-state index in [1.54, 1.807) is 0 Å². The maximum atomic E-state index is 11.8. The number of fused-ring (bicyclic) bond motifs is 1. The van der Waals surface area contributed by atoms with Crippen molar-refractivity contribution >= 4 is 20.2 Å². The zero-order valence-corrected chi connectivity index (χ0v) is 18.0. The van der Waals surface area contributed by atoms with E-state index in [0.29, 0.717) is 44.9 Å². The quantitative estimate of drug-likeness (QED) is 0.415. The highest BCUT2D eigenvalue weighted by Gasteiger charge is 2.45. The fourth-order valence-electron chi connectivity index (χ4n) is 5.21. The molecular formula is C17H30N2O8S2. The molecule has 168 valence electrons. The highest BCUT2D eigenvalue weighted by molar-refractivity contribution is 7.86. The molecule has 3 N–H and O–H groups in total. The van der Waals surface area contributed by atoms with Gasteiger partial charge >= 0.3 is 0 Å². The molecule has 0 radical (unpaired) electrons. The molecule has 0 aromatic rings. The van der Waals surface area contributed by atoms with Crippen LogP contribution in [0.5, 0.6) is 0 Å². The first kappa shape index (κ1) is 23.0. The van der Waals surface area contributed by atoms with Crippen LogP contribution in [-0.2, 0) is 25.0 Å². The lowest BCUT2D eigenvalue weighted by molar-refractivity contribution is 0.0231. The van der Waals surface area contributed by atoms with Crippen molar-refractivity contribution in [3.63, 3.8) is 0 Å². The summed E-state index contributed by atoms with van der Waals surface area (Å²) in [7, 11) is -6.92. The molecule has 3 fully saturated rings. The number of ether oxygens (including phenoxy) is 1. The van der Waals surface area contributed by atoms with Gasteiger partial charge in [0.2, 0.25) is 0 Å². The number of azo groups is 1. The maximum Gasteiger partial charge on any atom is 0.270 e. The van der Waals surface area contributed by atoms with Gasteiger partial charge in [0.25, 0.3) is 20.2 Å². The van der Waals surface area contributed by atoms with Gasteiger partial charge in [-0.15, -0.1) is 0 Å². The normalized spacial score (nSPS) is 41.9. The smallest absolute Gasteiger partial charge is 0.270 e. The highest BCUT2D eigenvalue weighted by atomic mass is 32.2. The second-order valence-electron chi connectivity index (χ2n) is 8.53.